The third-order valence-electron chi connectivity index (χ3n) is 7.33. The normalized spacial score (nSPS) is 28.4. The lowest BCUT2D eigenvalue weighted by Crippen LogP contribution is -2.34. The Morgan fingerprint density at radius 1 is 1.13 bits per heavy atom. The summed E-state index contributed by atoms with van der Waals surface area (Å²) in [6, 6.07) is 14.7. The van der Waals surface area contributed by atoms with Crippen molar-refractivity contribution in [1.82, 2.24) is 10.3 Å². The molecule has 1 aliphatic carbocycles. The van der Waals surface area contributed by atoms with Crippen LogP contribution in [0.2, 0.25) is 0 Å². The molecule has 0 saturated carbocycles. The zero-order valence-electron chi connectivity index (χ0n) is 17.6. The lowest BCUT2D eigenvalue weighted by Gasteiger charge is -2.35. The van der Waals surface area contributed by atoms with Gasteiger partial charge in [0, 0.05) is 42.3 Å². The molecule has 1 N–H and O–H groups in total. The fourth-order valence-corrected chi connectivity index (χ4v) is 5.41. The first kappa shape index (κ1) is 19.4. The van der Waals surface area contributed by atoms with Crippen LogP contribution < -0.4 is 5.32 Å². The van der Waals surface area contributed by atoms with Crippen molar-refractivity contribution in [2.24, 2.45) is 16.3 Å². The molecule has 5 rings (SSSR count). The number of Topliss-reactive ketones (excluding diaryl/α,β-unsaturated/α-hetero) is 1. The van der Waals surface area contributed by atoms with Crippen LogP contribution in [0.25, 0.3) is 0 Å². The predicted molar refractivity (Wildman–Crippen MR) is 120 cm³/mol. The Hall–Kier alpha value is -2.59. The van der Waals surface area contributed by atoms with Gasteiger partial charge in [0.1, 0.15) is 5.78 Å². The van der Waals surface area contributed by atoms with Gasteiger partial charge in [0.05, 0.1) is 12.3 Å². The van der Waals surface area contributed by atoms with Crippen LogP contribution in [0.4, 0.5) is 0 Å². The van der Waals surface area contributed by atoms with E-state index < -0.39 is 0 Å². The molecule has 3 unspecified atom stereocenters. The molecule has 0 amide bonds. The van der Waals surface area contributed by atoms with Gasteiger partial charge < -0.3 is 5.32 Å². The van der Waals surface area contributed by atoms with Gasteiger partial charge in [0.2, 0.25) is 0 Å². The SMILES string of the molecule is CC1(C(=O)CC2CNCC2c2ccccc2)CCC2=C(C1)C(c1ccncc1)=NC2. The highest BCUT2D eigenvalue weighted by atomic mass is 16.1. The lowest BCUT2D eigenvalue weighted by atomic mass is 9.67. The van der Waals surface area contributed by atoms with Gasteiger partial charge in [-0.2, -0.15) is 0 Å². The number of hydrogen-bond acceptors (Lipinski definition) is 4. The second-order valence-electron chi connectivity index (χ2n) is 9.28. The van der Waals surface area contributed by atoms with Crippen molar-refractivity contribution < 1.29 is 4.79 Å². The van der Waals surface area contributed by atoms with Gasteiger partial charge >= 0.3 is 0 Å². The van der Waals surface area contributed by atoms with Crippen molar-refractivity contribution >= 4 is 11.5 Å². The van der Waals surface area contributed by atoms with Crippen LogP contribution in [0, 0.1) is 11.3 Å². The number of nitrogens with zero attached hydrogens (tertiary/aromatic N) is 2. The van der Waals surface area contributed by atoms with Crippen molar-refractivity contribution in [3.63, 3.8) is 0 Å². The highest BCUT2D eigenvalue weighted by molar-refractivity contribution is 6.15. The zero-order valence-corrected chi connectivity index (χ0v) is 17.6. The van der Waals surface area contributed by atoms with E-state index in [4.69, 9.17) is 4.99 Å². The number of rotatable bonds is 5. The first-order valence-corrected chi connectivity index (χ1v) is 11.1. The summed E-state index contributed by atoms with van der Waals surface area (Å²) in [6.45, 7) is 4.87. The van der Waals surface area contributed by atoms with E-state index in [0.29, 0.717) is 24.0 Å². The number of hydrogen-bond donors (Lipinski definition) is 1. The summed E-state index contributed by atoms with van der Waals surface area (Å²) in [6.07, 6.45) is 7.05. The molecule has 1 saturated heterocycles. The van der Waals surface area contributed by atoms with Crippen molar-refractivity contribution in [2.75, 3.05) is 19.6 Å². The monoisotopic (exact) mass is 399 g/mol. The molecule has 3 heterocycles. The number of ketones is 1. The standard InChI is InChI=1S/C26H29N3O/c1-26(24(30)13-21-15-28-17-23(21)18-5-3-2-4-6-18)10-7-20-16-29-25(22(20)14-26)19-8-11-27-12-9-19/h2-6,8-9,11-12,21,23,28H,7,10,13-17H2,1H3. The number of carbonyl (C=O) groups excluding carboxylic acids is 1. The van der Waals surface area contributed by atoms with E-state index in [1.807, 2.05) is 24.5 Å². The van der Waals surface area contributed by atoms with Crippen molar-refractivity contribution in [3.05, 3.63) is 77.1 Å². The molecular weight excluding hydrogens is 370 g/mol. The van der Waals surface area contributed by atoms with E-state index in [0.717, 1.165) is 50.2 Å². The van der Waals surface area contributed by atoms with Crippen LogP contribution in [-0.4, -0.2) is 36.1 Å². The number of nitrogens with one attached hydrogen (secondary N) is 1. The van der Waals surface area contributed by atoms with E-state index in [1.165, 1.54) is 16.7 Å². The Bertz CT molecular complexity index is 995. The maximum atomic E-state index is 13.6. The van der Waals surface area contributed by atoms with Crippen LogP contribution >= 0.6 is 0 Å². The highest BCUT2D eigenvalue weighted by Crippen LogP contribution is 2.45. The predicted octanol–water partition coefficient (Wildman–Crippen LogP) is 4.33. The van der Waals surface area contributed by atoms with E-state index in [-0.39, 0.29) is 5.41 Å². The average Bonchev–Trinajstić information content (AvgIpc) is 3.41. The van der Waals surface area contributed by atoms with E-state index in [9.17, 15) is 4.79 Å². The minimum absolute atomic E-state index is 0.291. The molecule has 1 fully saturated rings. The number of aromatic nitrogens is 1. The van der Waals surface area contributed by atoms with E-state index >= 15 is 0 Å². The number of benzene rings is 1. The van der Waals surface area contributed by atoms with Crippen LogP contribution in [0.15, 0.2) is 71.0 Å². The van der Waals surface area contributed by atoms with Gasteiger partial charge in [-0.15, -0.1) is 0 Å². The van der Waals surface area contributed by atoms with Crippen molar-refractivity contribution in [1.29, 1.82) is 0 Å². The second kappa shape index (κ2) is 7.92. The Morgan fingerprint density at radius 2 is 1.93 bits per heavy atom. The Balaban J connectivity index is 1.32. The Morgan fingerprint density at radius 3 is 2.73 bits per heavy atom. The first-order valence-electron chi connectivity index (χ1n) is 11.1. The average molecular weight is 400 g/mol. The molecule has 0 radical (unpaired) electrons. The largest absolute Gasteiger partial charge is 0.316 e. The molecule has 30 heavy (non-hydrogen) atoms. The van der Waals surface area contributed by atoms with Gasteiger partial charge in [0.15, 0.2) is 0 Å². The fourth-order valence-electron chi connectivity index (χ4n) is 5.41. The summed E-state index contributed by atoms with van der Waals surface area (Å²) in [7, 11) is 0. The quantitative estimate of drug-likeness (QED) is 0.814. The summed E-state index contributed by atoms with van der Waals surface area (Å²) in [5.74, 6) is 1.23. The van der Waals surface area contributed by atoms with E-state index in [2.05, 4.69) is 47.6 Å². The fraction of sp³-hybridized carbons (Fsp3) is 0.423. The van der Waals surface area contributed by atoms with Crippen molar-refractivity contribution in [2.45, 2.75) is 38.5 Å². The maximum Gasteiger partial charge on any atom is 0.139 e. The molecule has 4 heteroatoms. The highest BCUT2D eigenvalue weighted by Gasteiger charge is 2.42. The van der Waals surface area contributed by atoms with Crippen LogP contribution in [0.1, 0.15) is 49.7 Å². The third-order valence-corrected chi connectivity index (χ3v) is 7.33. The molecule has 1 aromatic heterocycles. The molecule has 2 aromatic rings. The Labute approximate surface area is 178 Å². The van der Waals surface area contributed by atoms with Crippen molar-refractivity contribution in [3.8, 4) is 0 Å². The number of aliphatic imine (C=N–C) groups is 1. The number of pyridine rings is 1. The van der Waals surface area contributed by atoms with Gasteiger partial charge in [-0.1, -0.05) is 37.3 Å². The molecule has 4 nitrogen and oxygen atoms in total. The number of allylic oxidation sites excluding steroid dienone is 1. The molecule has 3 atom stereocenters. The summed E-state index contributed by atoms with van der Waals surface area (Å²) < 4.78 is 0. The molecule has 0 bridgehead atoms. The summed E-state index contributed by atoms with van der Waals surface area (Å²) in [5, 5.41) is 3.52. The molecule has 3 aliphatic rings. The maximum absolute atomic E-state index is 13.6. The van der Waals surface area contributed by atoms with Crippen LogP contribution in [-0.2, 0) is 4.79 Å². The van der Waals surface area contributed by atoms with Crippen LogP contribution in [0.5, 0.6) is 0 Å². The summed E-state index contributed by atoms with van der Waals surface area (Å²) >= 11 is 0. The van der Waals surface area contributed by atoms with Gasteiger partial charge in [-0.05, 0) is 60.6 Å². The Kier molecular flexibility index (Phi) is 5.11. The lowest BCUT2D eigenvalue weighted by molar-refractivity contribution is -0.129. The molecule has 154 valence electrons. The third kappa shape index (κ3) is 3.54. The molecule has 0 spiro atoms. The summed E-state index contributed by atoms with van der Waals surface area (Å²) in [5.41, 5.74) is 6.00. The van der Waals surface area contributed by atoms with Gasteiger partial charge in [-0.25, -0.2) is 0 Å². The minimum atomic E-state index is -0.291. The topological polar surface area (TPSA) is 54.4 Å². The first-order chi connectivity index (χ1) is 14.6. The zero-order chi connectivity index (χ0) is 20.6. The minimum Gasteiger partial charge on any atom is -0.316 e. The smallest absolute Gasteiger partial charge is 0.139 e. The molecule has 1 aromatic carbocycles. The van der Waals surface area contributed by atoms with Crippen LogP contribution in [0.3, 0.4) is 0 Å². The van der Waals surface area contributed by atoms with Gasteiger partial charge in [-0.3, -0.25) is 14.8 Å². The second-order valence-corrected chi connectivity index (χ2v) is 9.28. The summed E-state index contributed by atoms with van der Waals surface area (Å²) in [4.78, 5) is 22.5. The molecular formula is C26H29N3O. The van der Waals surface area contributed by atoms with Gasteiger partial charge in [0.25, 0.3) is 0 Å². The molecule has 2 aliphatic heterocycles. The van der Waals surface area contributed by atoms with E-state index in [1.54, 1.807) is 0 Å². The number of carbonyl (C=O) groups is 1.